The normalized spacial score (nSPS) is 11.5. The van der Waals surface area contributed by atoms with Gasteiger partial charge in [-0.2, -0.15) is 0 Å². The number of nitrogens with one attached hydrogen (secondary N) is 3. The summed E-state index contributed by atoms with van der Waals surface area (Å²) in [6, 6.07) is 10.9. The van der Waals surface area contributed by atoms with E-state index in [0.717, 1.165) is 10.7 Å². The molecule has 1 aromatic carbocycles. The van der Waals surface area contributed by atoms with Crippen LogP contribution in [0, 0.1) is 6.92 Å². The first-order chi connectivity index (χ1) is 16.3. The van der Waals surface area contributed by atoms with E-state index in [1.54, 1.807) is 44.6 Å². The van der Waals surface area contributed by atoms with E-state index in [0.29, 0.717) is 45.4 Å². The number of hydrazine groups is 1. The predicted octanol–water partition coefficient (Wildman–Crippen LogP) is 1.89. The minimum Gasteiger partial charge on any atom is -0.494 e. The molecule has 12 heteroatoms. The van der Waals surface area contributed by atoms with Crippen LogP contribution in [-0.4, -0.2) is 44.9 Å². The molecule has 0 spiro atoms. The lowest BCUT2D eigenvalue weighted by Gasteiger charge is -2.16. The molecule has 12 nitrogen and oxygen atoms in total. The number of benzene rings is 1. The van der Waals surface area contributed by atoms with Crippen molar-refractivity contribution in [1.29, 1.82) is 0 Å². The Morgan fingerprint density at radius 1 is 1.21 bits per heavy atom. The van der Waals surface area contributed by atoms with Gasteiger partial charge in [0.25, 0.3) is 5.56 Å². The van der Waals surface area contributed by atoms with Gasteiger partial charge in [0.05, 0.1) is 24.0 Å². The molecule has 0 fully saturated rings. The van der Waals surface area contributed by atoms with Crippen molar-refractivity contribution in [2.45, 2.75) is 6.92 Å². The highest BCUT2D eigenvalue weighted by Gasteiger charge is 2.18. The van der Waals surface area contributed by atoms with Crippen LogP contribution in [0.1, 0.15) is 11.1 Å². The lowest BCUT2D eigenvalue weighted by Crippen LogP contribution is -2.26. The summed E-state index contributed by atoms with van der Waals surface area (Å²) < 4.78 is 6.99. The van der Waals surface area contributed by atoms with Crippen molar-refractivity contribution in [2.24, 2.45) is 23.7 Å². The highest BCUT2D eigenvalue weighted by Crippen LogP contribution is 2.34. The van der Waals surface area contributed by atoms with Crippen LogP contribution in [-0.2, 0) is 7.05 Å². The van der Waals surface area contributed by atoms with Crippen LogP contribution >= 0.6 is 0 Å². The maximum absolute atomic E-state index is 12.8. The zero-order valence-electron chi connectivity index (χ0n) is 19.2. The number of para-hydroxylation sites is 1. The molecule has 3 heterocycles. The Labute approximate surface area is 195 Å². The van der Waals surface area contributed by atoms with Crippen LogP contribution in [0.2, 0.25) is 0 Å². The minimum absolute atomic E-state index is 0.177. The molecule has 0 atom stereocenters. The summed E-state index contributed by atoms with van der Waals surface area (Å²) in [5.74, 6) is 7.34. The topological polar surface area (TPSA) is 164 Å². The first-order valence-corrected chi connectivity index (χ1v) is 10.3. The Hall–Kier alpha value is -4.58. The number of nitrogens with zero attached hydrogens (tertiary/aromatic N) is 5. The zero-order chi connectivity index (χ0) is 24.4. The lowest BCUT2D eigenvalue weighted by molar-refractivity contribution is 0.371. The van der Waals surface area contributed by atoms with E-state index in [-0.39, 0.29) is 11.4 Å². The summed E-state index contributed by atoms with van der Waals surface area (Å²) >= 11 is 0. The number of aryl methyl sites for hydroxylation is 2. The van der Waals surface area contributed by atoms with Gasteiger partial charge in [0, 0.05) is 26.4 Å². The van der Waals surface area contributed by atoms with E-state index in [1.807, 2.05) is 19.1 Å². The fourth-order valence-corrected chi connectivity index (χ4v) is 3.48. The first-order valence-electron chi connectivity index (χ1n) is 10.3. The average Bonchev–Trinajstić information content (AvgIpc) is 3.08. The number of aromatic amines is 1. The second kappa shape index (κ2) is 9.11. The molecular weight excluding hydrogens is 436 g/mol. The second-order valence-electron chi connectivity index (χ2n) is 7.67. The molecule has 0 aliphatic heterocycles. The molecule has 0 saturated carbocycles. The zero-order valence-corrected chi connectivity index (χ0v) is 19.2. The number of anilines is 4. The predicted molar refractivity (Wildman–Crippen MR) is 133 cm³/mol. The van der Waals surface area contributed by atoms with E-state index in [2.05, 4.69) is 30.8 Å². The molecule has 0 bridgehead atoms. The number of pyridine rings is 2. The summed E-state index contributed by atoms with van der Waals surface area (Å²) in [6.07, 6.45) is 1.76. The molecule has 4 rings (SSSR count). The van der Waals surface area contributed by atoms with Crippen molar-refractivity contribution in [3.8, 4) is 5.75 Å². The number of H-pyrrole nitrogens is 1. The van der Waals surface area contributed by atoms with Gasteiger partial charge in [-0.1, -0.05) is 12.1 Å². The number of fused-ring (bicyclic) bond motifs is 1. The second-order valence-corrected chi connectivity index (χ2v) is 7.67. The fourth-order valence-electron chi connectivity index (χ4n) is 3.48. The van der Waals surface area contributed by atoms with Crippen molar-refractivity contribution < 1.29 is 4.74 Å². The van der Waals surface area contributed by atoms with Gasteiger partial charge in [-0.15, -0.1) is 5.10 Å². The smallest absolute Gasteiger partial charge is 0.277 e. The number of ether oxygens (including phenoxy) is 1. The van der Waals surface area contributed by atoms with Gasteiger partial charge in [0.15, 0.2) is 17.2 Å². The number of aromatic nitrogens is 4. The monoisotopic (exact) mass is 462 g/mol. The lowest BCUT2D eigenvalue weighted by atomic mass is 10.1. The maximum Gasteiger partial charge on any atom is 0.277 e. The van der Waals surface area contributed by atoms with Crippen molar-refractivity contribution in [1.82, 2.24) is 24.9 Å². The summed E-state index contributed by atoms with van der Waals surface area (Å²) in [7, 11) is 4.72. The molecule has 176 valence electrons. The summed E-state index contributed by atoms with van der Waals surface area (Å²) in [4.78, 5) is 21.7. The van der Waals surface area contributed by atoms with E-state index in [9.17, 15) is 4.79 Å². The van der Waals surface area contributed by atoms with E-state index in [1.165, 1.54) is 11.8 Å². The van der Waals surface area contributed by atoms with Gasteiger partial charge in [-0.05, 0) is 30.7 Å². The van der Waals surface area contributed by atoms with E-state index >= 15 is 0 Å². The van der Waals surface area contributed by atoms with Crippen LogP contribution in [0.15, 0.2) is 52.5 Å². The standard InChI is InChI=1S/C22H26N10O2/c1-12-8-9-16(25-11-12)27-17-10-15(18-21(28-17)30-31(2)22(18)33)26-14-7-5-6-13(19(14)34-4)20(23)29-32(3)24/h5-11H,24H2,1-4H3,(H2,23,29)(H3,25,26,27,28,30). The number of hydrogen-bond donors (Lipinski definition) is 5. The molecule has 4 aromatic rings. The van der Waals surface area contributed by atoms with Crippen LogP contribution in [0.3, 0.4) is 0 Å². The summed E-state index contributed by atoms with van der Waals surface area (Å²) in [6.45, 7) is 1.96. The Kier molecular flexibility index (Phi) is 6.06. The Bertz CT molecular complexity index is 1420. The van der Waals surface area contributed by atoms with Crippen LogP contribution in [0.25, 0.3) is 11.0 Å². The van der Waals surface area contributed by atoms with Gasteiger partial charge < -0.3 is 21.1 Å². The van der Waals surface area contributed by atoms with Gasteiger partial charge in [-0.3, -0.25) is 14.6 Å². The Balaban J connectivity index is 1.81. The number of methoxy groups -OCH3 is 1. The van der Waals surface area contributed by atoms with Crippen molar-refractivity contribution in [2.75, 3.05) is 24.8 Å². The third-order valence-electron chi connectivity index (χ3n) is 5.01. The highest BCUT2D eigenvalue weighted by atomic mass is 16.5. The third kappa shape index (κ3) is 4.47. The Morgan fingerprint density at radius 2 is 2.00 bits per heavy atom. The highest BCUT2D eigenvalue weighted by molar-refractivity contribution is 6.02. The number of rotatable bonds is 7. The molecule has 34 heavy (non-hydrogen) atoms. The van der Waals surface area contributed by atoms with Crippen LogP contribution in [0.4, 0.5) is 23.0 Å². The van der Waals surface area contributed by atoms with Crippen LogP contribution in [0.5, 0.6) is 5.75 Å². The third-order valence-corrected chi connectivity index (χ3v) is 5.01. The summed E-state index contributed by atoms with van der Waals surface area (Å²) in [5.41, 5.74) is 8.96. The number of amidine groups is 1. The van der Waals surface area contributed by atoms with Crippen LogP contribution < -0.4 is 32.5 Å². The van der Waals surface area contributed by atoms with E-state index in [4.69, 9.17) is 16.3 Å². The maximum atomic E-state index is 12.8. The summed E-state index contributed by atoms with van der Waals surface area (Å²) in [5, 5.41) is 15.0. The van der Waals surface area contributed by atoms with Crippen molar-refractivity contribution >= 4 is 39.9 Å². The van der Waals surface area contributed by atoms with Gasteiger partial charge >= 0.3 is 0 Å². The molecule has 0 amide bonds. The average molecular weight is 463 g/mol. The molecule has 0 unspecified atom stereocenters. The van der Waals surface area contributed by atoms with Gasteiger partial charge in [-0.25, -0.2) is 20.9 Å². The van der Waals surface area contributed by atoms with Crippen molar-refractivity contribution in [3.63, 3.8) is 0 Å². The molecule has 0 saturated heterocycles. The van der Waals surface area contributed by atoms with E-state index < -0.39 is 0 Å². The molecular formula is C22H26N10O2. The number of hydrogen-bond acceptors (Lipinski definition) is 9. The molecule has 7 N–H and O–H groups in total. The minimum atomic E-state index is -0.231. The SMILES string of the molecule is COc1c(Nc2cc(Nc3ccc(C)cn3)nc3[nH]n(C)c(=O)c23)cccc1/C(N)=N/N(C)N. The fraction of sp³-hybridized carbons (Fsp3) is 0.182. The number of nitrogens with two attached hydrogens (primary N) is 2. The first kappa shape index (κ1) is 22.6. The molecule has 0 aliphatic rings. The number of hydrazone groups is 1. The molecule has 0 radical (unpaired) electrons. The van der Waals surface area contributed by atoms with Gasteiger partial charge in [0.1, 0.15) is 17.0 Å². The molecule has 0 aliphatic carbocycles. The van der Waals surface area contributed by atoms with Gasteiger partial charge in [0.2, 0.25) is 0 Å². The largest absolute Gasteiger partial charge is 0.494 e. The van der Waals surface area contributed by atoms with Crippen molar-refractivity contribution in [3.05, 3.63) is 64.1 Å². The Morgan fingerprint density at radius 3 is 2.68 bits per heavy atom. The quantitative estimate of drug-likeness (QED) is 0.119. The molecule has 3 aromatic heterocycles.